The van der Waals surface area contributed by atoms with Crippen LogP contribution in [0.2, 0.25) is 0 Å². The number of benzene rings is 5. The van der Waals surface area contributed by atoms with Gasteiger partial charge in [0, 0.05) is 21.5 Å². The quantitative estimate of drug-likeness (QED) is 0.0825. The van der Waals surface area contributed by atoms with Crippen LogP contribution < -0.4 is 20.2 Å². The molecule has 0 aliphatic rings. The van der Waals surface area contributed by atoms with Crippen molar-refractivity contribution in [1.29, 1.82) is 5.26 Å². The van der Waals surface area contributed by atoms with E-state index in [2.05, 4.69) is 24.5 Å². The van der Waals surface area contributed by atoms with E-state index in [0.29, 0.717) is 54.5 Å². The van der Waals surface area contributed by atoms with Crippen LogP contribution in [0, 0.1) is 18.0 Å². The van der Waals surface area contributed by atoms with Gasteiger partial charge in [0.1, 0.15) is 11.5 Å². The first-order valence-electron chi connectivity index (χ1n) is 14.0. The highest BCUT2D eigenvalue weighted by molar-refractivity contribution is 6.21. The minimum absolute atomic E-state index is 0.347. The molecular formula is C36H16F6N4O2. The SMILES string of the molecule is [C-]#[N+]/N=c1\c2cc(-c3ccc(OC(F)(F)F)cc3)ccc2c2cc3c(=NC#N)c4cc(-c5ccc(OC(F)(F)F)cc5)ccc4c3cc12. The van der Waals surface area contributed by atoms with Crippen LogP contribution in [0.5, 0.6) is 11.5 Å². The molecule has 7 aromatic rings. The maximum Gasteiger partial charge on any atom is 0.573 e. The summed E-state index contributed by atoms with van der Waals surface area (Å²) < 4.78 is 83.7. The van der Waals surface area contributed by atoms with E-state index in [-0.39, 0.29) is 11.5 Å². The lowest BCUT2D eigenvalue weighted by Crippen LogP contribution is -2.16. The number of fused-ring (bicyclic) bond motifs is 6. The Hall–Kier alpha value is -6.40. The van der Waals surface area contributed by atoms with E-state index in [1.54, 1.807) is 0 Å². The van der Waals surface area contributed by atoms with Crippen molar-refractivity contribution >= 4 is 43.1 Å². The zero-order valence-corrected chi connectivity index (χ0v) is 24.1. The highest BCUT2D eigenvalue weighted by Gasteiger charge is 2.31. The van der Waals surface area contributed by atoms with Gasteiger partial charge in [-0.15, -0.1) is 31.3 Å². The topological polar surface area (TPSA) is 71.3 Å². The van der Waals surface area contributed by atoms with Crippen LogP contribution in [-0.2, 0) is 0 Å². The van der Waals surface area contributed by atoms with Gasteiger partial charge in [-0.05, 0) is 92.3 Å². The Kier molecular flexibility index (Phi) is 7.02. The summed E-state index contributed by atoms with van der Waals surface area (Å²) >= 11 is 0. The summed E-state index contributed by atoms with van der Waals surface area (Å²) in [5.74, 6) is -0.695. The van der Waals surface area contributed by atoms with Gasteiger partial charge in [0.2, 0.25) is 6.19 Å². The van der Waals surface area contributed by atoms with Crippen molar-refractivity contribution in [1.82, 2.24) is 0 Å². The molecule has 0 saturated carbocycles. The molecule has 0 fully saturated rings. The maximum absolute atomic E-state index is 12.6. The van der Waals surface area contributed by atoms with E-state index < -0.39 is 12.7 Å². The second kappa shape index (κ2) is 11.1. The molecule has 234 valence electrons. The standard InChI is InChI=1S/C36H16F6N4O2/c1-44-46-34-30-15-22(20-4-10-24(11-5-20)48-36(40,41)42)7-13-26(30)28-16-31-27(17-32(28)34)25-12-6-21(14-29(25)33(31)45-18-43)19-2-8-23(9-3-19)47-35(37,38)39/h2-17H/b45-33?,46-34+. The Bertz CT molecular complexity index is 2420. The fourth-order valence-corrected chi connectivity index (χ4v) is 6.06. The van der Waals surface area contributed by atoms with Crippen molar-refractivity contribution in [3.63, 3.8) is 0 Å². The highest BCUT2D eigenvalue weighted by atomic mass is 19.4. The number of nitriles is 1. The van der Waals surface area contributed by atoms with E-state index in [0.717, 1.165) is 21.5 Å². The zero-order valence-electron chi connectivity index (χ0n) is 24.1. The molecule has 0 bridgehead atoms. The summed E-state index contributed by atoms with van der Waals surface area (Å²) in [6, 6.07) is 25.6. The van der Waals surface area contributed by atoms with Gasteiger partial charge in [0.05, 0.1) is 10.5 Å². The number of ether oxygens (including phenoxy) is 2. The molecule has 0 spiro atoms. The maximum atomic E-state index is 12.6. The molecule has 6 nitrogen and oxygen atoms in total. The average molecular weight is 651 g/mol. The summed E-state index contributed by atoms with van der Waals surface area (Å²) in [4.78, 5) is 7.43. The summed E-state index contributed by atoms with van der Waals surface area (Å²) in [7, 11) is 0. The molecule has 0 N–H and O–H groups in total. The van der Waals surface area contributed by atoms with E-state index in [1.165, 1.54) is 48.5 Å². The predicted octanol–water partition coefficient (Wildman–Crippen LogP) is 9.42. The Balaban J connectivity index is 1.38. The molecule has 7 rings (SSSR count). The summed E-state index contributed by atoms with van der Waals surface area (Å²) in [5.41, 5.74) is 2.63. The van der Waals surface area contributed by atoms with Gasteiger partial charge in [0.25, 0.3) is 0 Å². The molecular weight excluding hydrogens is 634 g/mol. The second-order valence-electron chi connectivity index (χ2n) is 10.7. The van der Waals surface area contributed by atoms with Gasteiger partial charge >= 0.3 is 12.7 Å². The molecule has 48 heavy (non-hydrogen) atoms. The summed E-state index contributed by atoms with van der Waals surface area (Å²) in [5, 5.41) is 20.3. The molecule has 0 radical (unpaired) electrons. The molecule has 0 aliphatic carbocycles. The van der Waals surface area contributed by atoms with Gasteiger partial charge < -0.3 is 9.47 Å². The van der Waals surface area contributed by atoms with Crippen LogP contribution in [-0.4, -0.2) is 12.7 Å². The minimum atomic E-state index is -4.81. The number of rotatable bonds is 4. The van der Waals surface area contributed by atoms with Gasteiger partial charge in [-0.3, -0.25) is 0 Å². The van der Waals surface area contributed by atoms with Crippen molar-refractivity contribution in [2.75, 3.05) is 0 Å². The number of hydrogen-bond acceptors (Lipinski definition) is 5. The molecule has 12 heteroatoms. The van der Waals surface area contributed by atoms with Gasteiger partial charge in [-0.2, -0.15) is 16.8 Å². The number of nitrogens with zero attached hydrogens (tertiary/aromatic N) is 4. The van der Waals surface area contributed by atoms with Crippen molar-refractivity contribution in [3.8, 4) is 39.9 Å². The third-order valence-electron chi connectivity index (χ3n) is 7.95. The van der Waals surface area contributed by atoms with Crippen LogP contribution in [0.4, 0.5) is 26.3 Å². The van der Waals surface area contributed by atoms with Gasteiger partial charge in [0.15, 0.2) is 5.36 Å². The smallest absolute Gasteiger partial charge is 0.406 e. The largest absolute Gasteiger partial charge is 0.573 e. The number of alkyl halides is 6. The van der Waals surface area contributed by atoms with E-state index in [1.807, 2.05) is 54.7 Å². The number of halogens is 6. The van der Waals surface area contributed by atoms with Crippen molar-refractivity contribution in [3.05, 3.63) is 119 Å². The van der Waals surface area contributed by atoms with Gasteiger partial charge in [-0.1, -0.05) is 48.5 Å². The van der Waals surface area contributed by atoms with Crippen LogP contribution in [0.1, 0.15) is 0 Å². The van der Waals surface area contributed by atoms with Crippen molar-refractivity contribution < 1.29 is 35.8 Å². The monoisotopic (exact) mass is 650 g/mol. The summed E-state index contributed by atoms with van der Waals surface area (Å²) in [6.45, 7) is 7.49. The first-order valence-corrected chi connectivity index (χ1v) is 14.0. The average Bonchev–Trinajstić information content (AvgIpc) is 3.50. The van der Waals surface area contributed by atoms with Crippen molar-refractivity contribution in [2.24, 2.45) is 10.1 Å². The Labute approximate surface area is 266 Å². The molecule has 0 aliphatic heterocycles. The third-order valence-corrected chi connectivity index (χ3v) is 7.95. The number of hydrogen-bond donors (Lipinski definition) is 0. The Morgan fingerprint density at radius 1 is 0.521 bits per heavy atom. The first kappa shape index (κ1) is 30.3. The highest BCUT2D eigenvalue weighted by Crippen LogP contribution is 2.36. The Morgan fingerprint density at radius 3 is 1.33 bits per heavy atom. The van der Waals surface area contributed by atoms with E-state index in [4.69, 9.17) is 6.57 Å². The Morgan fingerprint density at radius 2 is 0.917 bits per heavy atom. The fraction of sp³-hybridized carbons (Fsp3) is 0.0556. The van der Waals surface area contributed by atoms with Crippen LogP contribution >= 0.6 is 0 Å². The molecule has 0 atom stereocenters. The molecule has 0 unspecified atom stereocenters. The normalized spacial score (nSPS) is 13.0. The van der Waals surface area contributed by atoms with Gasteiger partial charge in [-0.25, -0.2) is 0 Å². The zero-order chi connectivity index (χ0) is 33.8. The van der Waals surface area contributed by atoms with Crippen LogP contribution in [0.15, 0.2) is 107 Å². The molecule has 7 aromatic carbocycles. The molecule has 0 amide bonds. The van der Waals surface area contributed by atoms with Crippen LogP contribution in [0.3, 0.4) is 0 Å². The lowest BCUT2D eigenvalue weighted by molar-refractivity contribution is -0.275. The lowest BCUT2D eigenvalue weighted by atomic mass is 10.0. The second-order valence-corrected chi connectivity index (χ2v) is 10.7. The fourth-order valence-electron chi connectivity index (χ4n) is 6.06. The van der Waals surface area contributed by atoms with E-state index in [9.17, 15) is 31.6 Å². The molecule has 0 saturated heterocycles. The first-order chi connectivity index (χ1) is 22.9. The lowest BCUT2D eigenvalue weighted by Gasteiger charge is -2.09. The predicted molar refractivity (Wildman–Crippen MR) is 166 cm³/mol. The minimum Gasteiger partial charge on any atom is -0.406 e. The third kappa shape index (κ3) is 5.50. The van der Waals surface area contributed by atoms with Crippen LogP contribution in [0.25, 0.3) is 70.3 Å². The molecule has 0 heterocycles. The molecule has 0 aromatic heterocycles. The summed E-state index contributed by atoms with van der Waals surface area (Å²) in [6.07, 6.45) is -7.75. The van der Waals surface area contributed by atoms with Crippen molar-refractivity contribution in [2.45, 2.75) is 12.7 Å². The van der Waals surface area contributed by atoms with E-state index >= 15 is 0 Å².